The summed E-state index contributed by atoms with van der Waals surface area (Å²) in [7, 11) is 0. The number of halogens is 1. The molecule has 0 aliphatic carbocycles. The number of thiazole rings is 1. The minimum atomic E-state index is 0.588. The molecule has 1 N–H and O–H groups in total. The van der Waals surface area contributed by atoms with Crippen molar-refractivity contribution in [2.45, 2.75) is 6.54 Å². The zero-order valence-electron chi connectivity index (χ0n) is 9.97. The lowest BCUT2D eigenvalue weighted by Crippen LogP contribution is -1.96. The molecule has 0 saturated carbocycles. The Morgan fingerprint density at radius 3 is 2.58 bits per heavy atom. The van der Waals surface area contributed by atoms with Crippen molar-refractivity contribution in [2.24, 2.45) is 0 Å². The zero-order valence-corrected chi connectivity index (χ0v) is 12.4. The Balaban J connectivity index is 1.66. The number of aromatic nitrogens is 1. The normalized spacial score (nSPS) is 10.6. The molecule has 0 fully saturated rings. The smallest absolute Gasteiger partial charge is 0.183 e. The quantitative estimate of drug-likeness (QED) is 0.722. The van der Waals surface area contributed by atoms with Crippen LogP contribution in [0, 0.1) is 0 Å². The second-order valence-electron chi connectivity index (χ2n) is 4.02. The van der Waals surface area contributed by atoms with Crippen LogP contribution in [0.4, 0.5) is 5.69 Å². The molecule has 0 aliphatic heterocycles. The van der Waals surface area contributed by atoms with Gasteiger partial charge in [0.25, 0.3) is 0 Å². The lowest BCUT2D eigenvalue weighted by atomic mass is 10.1. The van der Waals surface area contributed by atoms with Gasteiger partial charge in [-0.3, -0.25) is 0 Å². The molecular formula is C14H11ClN2S2. The van der Waals surface area contributed by atoms with E-state index in [9.17, 15) is 0 Å². The number of nitrogens with one attached hydrogen (secondary N) is 1. The molecule has 0 aliphatic rings. The summed E-state index contributed by atoms with van der Waals surface area (Å²) in [5.41, 5.74) is 3.61. The fraction of sp³-hybridized carbons (Fsp3) is 0.0714. The number of hydrogen-bond acceptors (Lipinski definition) is 4. The van der Waals surface area contributed by atoms with Crippen LogP contribution in [0.5, 0.6) is 0 Å². The molecule has 3 rings (SSSR count). The van der Waals surface area contributed by atoms with Crippen LogP contribution in [-0.2, 0) is 6.54 Å². The highest BCUT2D eigenvalue weighted by Gasteiger charge is 2.01. The third-order valence-corrected chi connectivity index (χ3v) is 4.53. The fourth-order valence-corrected chi connectivity index (χ4v) is 3.35. The van der Waals surface area contributed by atoms with E-state index in [-0.39, 0.29) is 0 Å². The minimum Gasteiger partial charge on any atom is -0.380 e. The number of rotatable bonds is 4. The molecule has 0 spiro atoms. The molecule has 5 heteroatoms. The van der Waals surface area contributed by atoms with Gasteiger partial charge in [0, 0.05) is 16.8 Å². The van der Waals surface area contributed by atoms with E-state index < -0.39 is 0 Å². The first-order valence-electron chi connectivity index (χ1n) is 5.78. The summed E-state index contributed by atoms with van der Waals surface area (Å²) in [6.07, 6.45) is 1.81. The van der Waals surface area contributed by atoms with E-state index in [1.807, 2.05) is 0 Å². The van der Waals surface area contributed by atoms with Gasteiger partial charge in [0.1, 0.15) is 0 Å². The predicted molar refractivity (Wildman–Crippen MR) is 84.2 cm³/mol. The molecule has 0 atom stereocenters. The predicted octanol–water partition coefficient (Wildman–Crippen LogP) is 5.14. The van der Waals surface area contributed by atoms with Crippen molar-refractivity contribution in [3.05, 3.63) is 56.6 Å². The van der Waals surface area contributed by atoms with E-state index in [0.717, 1.165) is 17.1 Å². The Hall–Kier alpha value is -1.36. The average Bonchev–Trinajstić information content (AvgIpc) is 3.08. The molecule has 0 radical (unpaired) electrons. The maximum Gasteiger partial charge on any atom is 0.183 e. The van der Waals surface area contributed by atoms with Crippen molar-refractivity contribution in [3.63, 3.8) is 0 Å². The molecule has 19 heavy (non-hydrogen) atoms. The molecule has 0 saturated heterocycles. The van der Waals surface area contributed by atoms with Crippen molar-refractivity contribution >= 4 is 40.0 Å². The van der Waals surface area contributed by atoms with Gasteiger partial charge in [-0.1, -0.05) is 23.7 Å². The number of thiophene rings is 1. The van der Waals surface area contributed by atoms with Gasteiger partial charge in [0.15, 0.2) is 4.47 Å². The van der Waals surface area contributed by atoms with Crippen LogP contribution in [0.2, 0.25) is 4.47 Å². The van der Waals surface area contributed by atoms with Gasteiger partial charge in [-0.25, -0.2) is 4.98 Å². The van der Waals surface area contributed by atoms with Crippen LogP contribution in [-0.4, -0.2) is 4.98 Å². The fourth-order valence-electron chi connectivity index (χ4n) is 1.76. The van der Waals surface area contributed by atoms with E-state index in [1.165, 1.54) is 22.5 Å². The lowest BCUT2D eigenvalue weighted by Gasteiger charge is -2.05. The highest BCUT2D eigenvalue weighted by Crippen LogP contribution is 2.24. The first-order chi connectivity index (χ1) is 9.31. The molecule has 2 aromatic heterocycles. The van der Waals surface area contributed by atoms with E-state index >= 15 is 0 Å². The highest BCUT2D eigenvalue weighted by molar-refractivity contribution is 7.15. The Morgan fingerprint density at radius 2 is 1.95 bits per heavy atom. The van der Waals surface area contributed by atoms with Crippen molar-refractivity contribution in [1.82, 2.24) is 4.98 Å². The van der Waals surface area contributed by atoms with Gasteiger partial charge in [0.05, 0.1) is 6.54 Å². The van der Waals surface area contributed by atoms with Crippen LogP contribution in [0.25, 0.3) is 11.1 Å². The summed E-state index contributed by atoms with van der Waals surface area (Å²) in [4.78, 5) is 5.15. The number of nitrogens with zero attached hydrogens (tertiary/aromatic N) is 1. The Labute approximate surface area is 124 Å². The molecule has 96 valence electrons. The molecule has 1 aromatic carbocycles. The first kappa shape index (κ1) is 12.7. The van der Waals surface area contributed by atoms with Gasteiger partial charge < -0.3 is 5.32 Å². The van der Waals surface area contributed by atoms with Crippen LogP contribution in [0.1, 0.15) is 4.88 Å². The van der Waals surface area contributed by atoms with E-state index in [1.54, 1.807) is 17.5 Å². The van der Waals surface area contributed by atoms with Crippen molar-refractivity contribution in [3.8, 4) is 11.1 Å². The van der Waals surface area contributed by atoms with Gasteiger partial charge in [0.2, 0.25) is 0 Å². The van der Waals surface area contributed by atoms with Gasteiger partial charge in [-0.2, -0.15) is 11.3 Å². The summed E-state index contributed by atoms with van der Waals surface area (Å²) in [6.45, 7) is 0.752. The number of benzene rings is 1. The molecule has 2 heterocycles. The number of hydrogen-bond donors (Lipinski definition) is 1. The zero-order chi connectivity index (χ0) is 13.1. The summed E-state index contributed by atoms with van der Waals surface area (Å²) >= 11 is 9.02. The number of anilines is 1. The molecular weight excluding hydrogens is 296 g/mol. The standard InChI is InChI=1S/C14H11ClN2S2/c15-14-17-8-13(19-14)7-16-12-3-1-10(2-4-12)11-5-6-18-9-11/h1-6,8-9,16H,7H2. The molecule has 0 unspecified atom stereocenters. The van der Waals surface area contributed by atoms with E-state index in [0.29, 0.717) is 4.47 Å². The van der Waals surface area contributed by atoms with Gasteiger partial charge in [-0.15, -0.1) is 11.3 Å². The Morgan fingerprint density at radius 1 is 1.11 bits per heavy atom. The van der Waals surface area contributed by atoms with Crippen LogP contribution < -0.4 is 5.32 Å². The molecule has 3 aromatic rings. The van der Waals surface area contributed by atoms with Crippen molar-refractivity contribution in [2.75, 3.05) is 5.32 Å². The summed E-state index contributed by atoms with van der Waals surface area (Å²) < 4.78 is 0.588. The monoisotopic (exact) mass is 306 g/mol. The summed E-state index contributed by atoms with van der Waals surface area (Å²) in [5.74, 6) is 0. The molecule has 0 amide bonds. The van der Waals surface area contributed by atoms with E-state index in [4.69, 9.17) is 11.6 Å². The summed E-state index contributed by atoms with van der Waals surface area (Å²) in [6, 6.07) is 10.6. The molecule has 0 bridgehead atoms. The second kappa shape index (κ2) is 5.74. The lowest BCUT2D eigenvalue weighted by molar-refractivity contribution is 1.17. The van der Waals surface area contributed by atoms with Gasteiger partial charge >= 0.3 is 0 Å². The maximum absolute atomic E-state index is 5.80. The SMILES string of the molecule is Clc1ncc(CNc2ccc(-c3ccsc3)cc2)s1. The van der Waals surface area contributed by atoms with Crippen molar-refractivity contribution in [1.29, 1.82) is 0 Å². The van der Waals surface area contributed by atoms with Crippen LogP contribution in [0.15, 0.2) is 47.3 Å². The second-order valence-corrected chi connectivity index (χ2v) is 6.50. The van der Waals surface area contributed by atoms with E-state index in [2.05, 4.69) is 51.4 Å². The van der Waals surface area contributed by atoms with Crippen LogP contribution in [0.3, 0.4) is 0 Å². The average molecular weight is 307 g/mol. The molecule has 2 nitrogen and oxygen atoms in total. The first-order valence-corrected chi connectivity index (χ1v) is 7.92. The maximum atomic E-state index is 5.80. The topological polar surface area (TPSA) is 24.9 Å². The largest absolute Gasteiger partial charge is 0.380 e. The third-order valence-electron chi connectivity index (χ3n) is 2.73. The van der Waals surface area contributed by atoms with Gasteiger partial charge in [-0.05, 0) is 40.1 Å². The summed E-state index contributed by atoms with van der Waals surface area (Å²) in [5, 5.41) is 7.61. The minimum absolute atomic E-state index is 0.588. The Bertz CT molecular complexity index is 644. The highest BCUT2D eigenvalue weighted by atomic mass is 35.5. The van der Waals surface area contributed by atoms with Crippen molar-refractivity contribution < 1.29 is 0 Å². The Kier molecular flexibility index (Phi) is 3.82. The third kappa shape index (κ3) is 3.15. The van der Waals surface area contributed by atoms with Crippen LogP contribution >= 0.6 is 34.3 Å².